The van der Waals surface area contributed by atoms with E-state index in [0.29, 0.717) is 12.1 Å². The molecule has 7 nitrogen and oxygen atoms in total. The molecular weight excluding hydrogens is 442 g/mol. The topological polar surface area (TPSA) is 96.5 Å². The smallest absolute Gasteiger partial charge is 0.344 e. The number of hydrogen-bond donors (Lipinski definition) is 1. The molecule has 0 spiro atoms. The summed E-state index contributed by atoms with van der Waals surface area (Å²) in [6, 6.07) is 1.49. The molecule has 32 heavy (non-hydrogen) atoms. The van der Waals surface area contributed by atoms with Crippen LogP contribution in [0.3, 0.4) is 0 Å². The first-order chi connectivity index (χ1) is 14.9. The zero-order valence-electron chi connectivity index (χ0n) is 16.0. The Hall–Kier alpha value is -3.95. The SMILES string of the molecule is CC(NC(=O)c1cc(C(F)(F)F)cc(C(F)(F)F)c1)c1nccnc1-n1cc(C#N)cn1. The van der Waals surface area contributed by atoms with Gasteiger partial charge in [-0.3, -0.25) is 9.78 Å². The lowest BCUT2D eigenvalue weighted by Gasteiger charge is -2.18. The molecule has 0 radical (unpaired) electrons. The standard InChI is InChI=1S/C19H12F6N6O/c1-10(15-16(28-3-2-27-15)31-9-11(7-26)8-29-31)30-17(32)12-4-13(18(20,21)22)6-14(5-12)19(23,24)25/h2-6,8-10H,1H3,(H,30,32). The number of hydrogen-bond acceptors (Lipinski definition) is 5. The van der Waals surface area contributed by atoms with Crippen molar-refractivity contribution in [2.75, 3.05) is 0 Å². The van der Waals surface area contributed by atoms with Crippen LogP contribution in [0.1, 0.15) is 45.7 Å². The predicted octanol–water partition coefficient (Wildman–Crippen LogP) is 4.06. The maximum absolute atomic E-state index is 13.0. The minimum Gasteiger partial charge on any atom is -0.344 e. The summed E-state index contributed by atoms with van der Waals surface area (Å²) in [6.45, 7) is 1.42. The lowest BCUT2D eigenvalue weighted by atomic mass is 10.0. The number of carbonyl (C=O) groups is 1. The molecule has 1 amide bonds. The van der Waals surface area contributed by atoms with Crippen molar-refractivity contribution in [2.24, 2.45) is 0 Å². The van der Waals surface area contributed by atoms with Gasteiger partial charge < -0.3 is 5.32 Å². The molecule has 1 unspecified atom stereocenters. The normalized spacial score (nSPS) is 12.8. The molecule has 0 saturated carbocycles. The Bertz CT molecular complexity index is 1160. The summed E-state index contributed by atoms with van der Waals surface area (Å²) in [5.41, 5.74) is -3.70. The Morgan fingerprint density at radius 2 is 1.66 bits per heavy atom. The van der Waals surface area contributed by atoms with Gasteiger partial charge in [-0.05, 0) is 25.1 Å². The number of alkyl halides is 6. The molecule has 1 N–H and O–H groups in total. The van der Waals surface area contributed by atoms with Crippen molar-refractivity contribution in [2.45, 2.75) is 25.3 Å². The van der Waals surface area contributed by atoms with Gasteiger partial charge in [0.25, 0.3) is 5.91 Å². The highest BCUT2D eigenvalue weighted by atomic mass is 19.4. The van der Waals surface area contributed by atoms with Crippen LogP contribution in [-0.2, 0) is 12.4 Å². The fraction of sp³-hybridized carbons (Fsp3) is 0.211. The van der Waals surface area contributed by atoms with Crippen LogP contribution in [0.25, 0.3) is 5.82 Å². The number of amides is 1. The van der Waals surface area contributed by atoms with Crippen LogP contribution in [0.4, 0.5) is 26.3 Å². The molecule has 3 aromatic rings. The number of rotatable bonds is 4. The number of carbonyl (C=O) groups excluding carboxylic acids is 1. The van der Waals surface area contributed by atoms with Crippen molar-refractivity contribution in [3.05, 3.63) is 70.9 Å². The lowest BCUT2D eigenvalue weighted by Crippen LogP contribution is -2.29. The first kappa shape index (κ1) is 22.7. The Balaban J connectivity index is 1.94. The summed E-state index contributed by atoms with van der Waals surface area (Å²) in [6.07, 6.45) is -4.99. The largest absolute Gasteiger partial charge is 0.416 e. The Labute approximate surface area is 176 Å². The minimum atomic E-state index is -5.08. The van der Waals surface area contributed by atoms with Gasteiger partial charge in [0.05, 0.1) is 35.1 Å². The quantitative estimate of drug-likeness (QED) is 0.600. The van der Waals surface area contributed by atoms with E-state index in [2.05, 4.69) is 20.4 Å². The summed E-state index contributed by atoms with van der Waals surface area (Å²) in [7, 11) is 0. The molecule has 1 atom stereocenters. The van der Waals surface area contributed by atoms with Crippen molar-refractivity contribution < 1.29 is 31.1 Å². The number of nitriles is 1. The summed E-state index contributed by atoms with van der Waals surface area (Å²) < 4.78 is 79.5. The molecule has 3 rings (SSSR count). The van der Waals surface area contributed by atoms with Gasteiger partial charge in [0.1, 0.15) is 11.8 Å². The van der Waals surface area contributed by atoms with Crippen molar-refractivity contribution >= 4 is 5.91 Å². The number of nitrogens with one attached hydrogen (secondary N) is 1. The second-order valence-corrected chi connectivity index (χ2v) is 6.54. The van der Waals surface area contributed by atoms with Crippen LogP contribution in [-0.4, -0.2) is 25.7 Å². The second-order valence-electron chi connectivity index (χ2n) is 6.54. The van der Waals surface area contributed by atoms with E-state index >= 15 is 0 Å². The highest BCUT2D eigenvalue weighted by molar-refractivity contribution is 5.95. The van der Waals surface area contributed by atoms with Gasteiger partial charge in [0, 0.05) is 18.0 Å². The fourth-order valence-corrected chi connectivity index (χ4v) is 2.75. The fourth-order valence-electron chi connectivity index (χ4n) is 2.75. The molecule has 13 heteroatoms. The van der Waals surface area contributed by atoms with Gasteiger partial charge in [-0.15, -0.1) is 0 Å². The van der Waals surface area contributed by atoms with Gasteiger partial charge in [-0.1, -0.05) is 0 Å². The number of aromatic nitrogens is 4. The van der Waals surface area contributed by atoms with E-state index in [9.17, 15) is 31.1 Å². The zero-order valence-corrected chi connectivity index (χ0v) is 16.0. The van der Waals surface area contributed by atoms with E-state index in [-0.39, 0.29) is 23.1 Å². The molecule has 0 aliphatic rings. The van der Waals surface area contributed by atoms with Crippen LogP contribution in [0.15, 0.2) is 43.0 Å². The van der Waals surface area contributed by atoms with Crippen LogP contribution in [0.5, 0.6) is 0 Å². The number of benzene rings is 1. The van der Waals surface area contributed by atoms with Crippen LogP contribution in [0, 0.1) is 11.3 Å². The van der Waals surface area contributed by atoms with E-state index in [1.165, 1.54) is 36.4 Å². The zero-order chi connectivity index (χ0) is 23.7. The van der Waals surface area contributed by atoms with Crippen LogP contribution >= 0.6 is 0 Å². The van der Waals surface area contributed by atoms with Gasteiger partial charge in [-0.2, -0.15) is 36.7 Å². The Kier molecular flexibility index (Phi) is 5.89. The molecule has 0 aliphatic heterocycles. The van der Waals surface area contributed by atoms with Gasteiger partial charge in [0.2, 0.25) is 0 Å². The highest BCUT2D eigenvalue weighted by Gasteiger charge is 2.37. The first-order valence-electron chi connectivity index (χ1n) is 8.76. The minimum absolute atomic E-state index is 0.0640. The average molecular weight is 454 g/mol. The van der Waals surface area contributed by atoms with Crippen molar-refractivity contribution in [3.63, 3.8) is 0 Å². The van der Waals surface area contributed by atoms with E-state index in [4.69, 9.17) is 5.26 Å². The molecule has 2 aromatic heterocycles. The molecule has 166 valence electrons. The number of nitrogens with zero attached hydrogens (tertiary/aromatic N) is 5. The number of halogens is 6. The first-order valence-corrected chi connectivity index (χ1v) is 8.76. The molecule has 0 bridgehead atoms. The third-order valence-corrected chi connectivity index (χ3v) is 4.24. The molecule has 0 fully saturated rings. The third-order valence-electron chi connectivity index (χ3n) is 4.24. The summed E-state index contributed by atoms with van der Waals surface area (Å²) >= 11 is 0. The monoisotopic (exact) mass is 454 g/mol. The maximum Gasteiger partial charge on any atom is 0.416 e. The average Bonchev–Trinajstić information content (AvgIpc) is 3.21. The lowest BCUT2D eigenvalue weighted by molar-refractivity contribution is -0.143. The molecule has 0 aliphatic carbocycles. The van der Waals surface area contributed by atoms with Gasteiger partial charge in [0.15, 0.2) is 5.82 Å². The van der Waals surface area contributed by atoms with Crippen LogP contribution < -0.4 is 5.32 Å². The van der Waals surface area contributed by atoms with Crippen molar-refractivity contribution in [3.8, 4) is 11.9 Å². The van der Waals surface area contributed by atoms with E-state index < -0.39 is 41.0 Å². The molecule has 2 heterocycles. The van der Waals surface area contributed by atoms with Crippen LogP contribution in [0.2, 0.25) is 0 Å². The predicted molar refractivity (Wildman–Crippen MR) is 96.2 cm³/mol. The molecule has 0 saturated heterocycles. The molecule has 1 aromatic carbocycles. The summed E-state index contributed by atoms with van der Waals surface area (Å²) in [4.78, 5) is 20.7. The summed E-state index contributed by atoms with van der Waals surface area (Å²) in [5.74, 6) is -1.06. The van der Waals surface area contributed by atoms with E-state index in [0.717, 1.165) is 0 Å². The van der Waals surface area contributed by atoms with E-state index in [1.807, 2.05) is 6.07 Å². The molecular formula is C19H12F6N6O. The van der Waals surface area contributed by atoms with Crippen molar-refractivity contribution in [1.82, 2.24) is 25.1 Å². The summed E-state index contributed by atoms with van der Waals surface area (Å²) in [5, 5.41) is 15.2. The second kappa shape index (κ2) is 8.29. The third kappa shape index (κ3) is 4.85. The van der Waals surface area contributed by atoms with Gasteiger partial charge in [-0.25, -0.2) is 9.67 Å². The maximum atomic E-state index is 13.0. The highest BCUT2D eigenvalue weighted by Crippen LogP contribution is 2.36. The Morgan fingerprint density at radius 3 is 2.19 bits per heavy atom. The Morgan fingerprint density at radius 1 is 1.06 bits per heavy atom. The van der Waals surface area contributed by atoms with Crippen molar-refractivity contribution in [1.29, 1.82) is 5.26 Å². The van der Waals surface area contributed by atoms with E-state index in [1.54, 1.807) is 0 Å². The van der Waals surface area contributed by atoms with Gasteiger partial charge >= 0.3 is 12.4 Å².